The minimum Gasteiger partial charge on any atom is -0.544 e. The van der Waals surface area contributed by atoms with Crippen LogP contribution < -0.4 is 25.4 Å². The monoisotopic (exact) mass is 369 g/mol. The fraction of sp³-hybridized carbons (Fsp3) is 0.500. The van der Waals surface area contributed by atoms with Gasteiger partial charge >= 0.3 is 0 Å². The lowest BCUT2D eigenvalue weighted by Crippen LogP contribution is -3.10. The van der Waals surface area contributed by atoms with Crippen LogP contribution in [0.3, 0.4) is 0 Å². The van der Waals surface area contributed by atoms with E-state index in [1.807, 2.05) is 14.1 Å². The fourth-order valence-electron chi connectivity index (χ4n) is 2.26. The second-order valence-electron chi connectivity index (χ2n) is 6.03. The number of nitrogens with zero attached hydrogens (tertiary/aromatic N) is 1. The Kier molecular flexibility index (Phi) is 8.46. The summed E-state index contributed by atoms with van der Waals surface area (Å²) in [5, 5.41) is 26.3. The van der Waals surface area contributed by atoms with E-state index in [4.69, 9.17) is 4.74 Å². The molecule has 1 rings (SSSR count). The number of carbonyl (C=O) groups is 2. The first-order valence-corrected chi connectivity index (χ1v) is 8.28. The molecule has 10 heteroatoms. The summed E-state index contributed by atoms with van der Waals surface area (Å²) in [4.78, 5) is 35.0. The molecule has 4 N–H and O–H groups in total. The first-order valence-electron chi connectivity index (χ1n) is 8.28. The number of quaternary nitrogens is 2. The first-order chi connectivity index (χ1) is 12.2. The number of nitro benzene ring substituents is 1. The quantitative estimate of drug-likeness (QED) is 0.283. The van der Waals surface area contributed by atoms with Gasteiger partial charge in [-0.2, -0.15) is 0 Å². The number of nitro groups is 1. The van der Waals surface area contributed by atoms with Crippen molar-refractivity contribution in [1.82, 2.24) is 0 Å². The largest absolute Gasteiger partial charge is 0.544 e. The van der Waals surface area contributed by atoms with E-state index >= 15 is 0 Å². The molecular formula is C16H25N4O6+. The van der Waals surface area contributed by atoms with Crippen molar-refractivity contribution in [2.45, 2.75) is 19.4 Å². The van der Waals surface area contributed by atoms with Gasteiger partial charge in [-0.1, -0.05) is 0 Å². The molecule has 1 aromatic carbocycles. The van der Waals surface area contributed by atoms with E-state index in [2.05, 4.69) is 5.32 Å². The molecule has 144 valence electrons. The normalized spacial score (nSPS) is 11.8. The Labute approximate surface area is 151 Å². The number of carboxylic acid groups (broad SMARTS) is 1. The summed E-state index contributed by atoms with van der Waals surface area (Å²) >= 11 is 0. The lowest BCUT2D eigenvalue weighted by molar-refractivity contribution is -0.876. The Morgan fingerprint density at radius 1 is 1.38 bits per heavy atom. The molecule has 0 fully saturated rings. The van der Waals surface area contributed by atoms with Gasteiger partial charge in [0.25, 0.3) is 5.69 Å². The third-order valence-corrected chi connectivity index (χ3v) is 3.55. The van der Waals surface area contributed by atoms with Crippen LogP contribution in [0.2, 0.25) is 0 Å². The number of carbonyl (C=O) groups excluding carboxylic acids is 2. The summed E-state index contributed by atoms with van der Waals surface area (Å²) in [5.74, 6) is -1.68. The molecule has 0 aliphatic heterocycles. The van der Waals surface area contributed by atoms with Crippen molar-refractivity contribution in [1.29, 1.82) is 0 Å². The molecule has 0 spiro atoms. The summed E-state index contributed by atoms with van der Waals surface area (Å²) in [5.41, 5.74) is -0.340. The number of hydrogen-bond acceptors (Lipinski definition) is 6. The van der Waals surface area contributed by atoms with Crippen LogP contribution in [0.5, 0.6) is 5.75 Å². The van der Waals surface area contributed by atoms with Crippen molar-refractivity contribution in [3.8, 4) is 5.75 Å². The molecule has 10 nitrogen and oxygen atoms in total. The number of rotatable bonds is 11. The fourth-order valence-corrected chi connectivity index (χ4v) is 2.26. The molecule has 0 heterocycles. The highest BCUT2D eigenvalue weighted by Gasteiger charge is 2.22. The lowest BCUT2D eigenvalue weighted by atomic mass is 10.2. The van der Waals surface area contributed by atoms with Crippen LogP contribution in [0.15, 0.2) is 18.2 Å². The highest BCUT2D eigenvalue weighted by molar-refractivity contribution is 5.95. The summed E-state index contributed by atoms with van der Waals surface area (Å²) in [6, 6.07) is 3.00. The van der Waals surface area contributed by atoms with Gasteiger partial charge in [0.15, 0.2) is 0 Å². The number of amides is 1. The zero-order valence-corrected chi connectivity index (χ0v) is 15.1. The van der Waals surface area contributed by atoms with Gasteiger partial charge < -0.3 is 30.2 Å². The smallest absolute Gasteiger partial charge is 0.296 e. The highest BCUT2D eigenvalue weighted by atomic mass is 16.6. The average molecular weight is 369 g/mol. The molecule has 0 bridgehead atoms. The molecule has 1 aromatic rings. The van der Waals surface area contributed by atoms with Crippen molar-refractivity contribution < 1.29 is 34.6 Å². The Morgan fingerprint density at radius 3 is 2.62 bits per heavy atom. The van der Waals surface area contributed by atoms with Gasteiger partial charge in [-0.3, -0.25) is 14.9 Å². The molecule has 1 atom stereocenters. The van der Waals surface area contributed by atoms with E-state index in [9.17, 15) is 24.8 Å². The van der Waals surface area contributed by atoms with Crippen molar-refractivity contribution >= 4 is 23.3 Å². The molecule has 0 aliphatic rings. The van der Waals surface area contributed by atoms with Crippen LogP contribution in [-0.2, 0) is 9.59 Å². The maximum absolute atomic E-state index is 12.1. The molecular weight excluding hydrogens is 344 g/mol. The molecule has 0 radical (unpaired) electrons. The van der Waals surface area contributed by atoms with E-state index in [1.54, 1.807) is 6.92 Å². The third kappa shape index (κ3) is 7.03. The van der Waals surface area contributed by atoms with E-state index in [-0.39, 0.29) is 17.8 Å². The van der Waals surface area contributed by atoms with E-state index in [0.29, 0.717) is 18.9 Å². The van der Waals surface area contributed by atoms with Crippen LogP contribution >= 0.6 is 0 Å². The molecule has 1 amide bonds. The Balaban J connectivity index is 2.78. The third-order valence-electron chi connectivity index (χ3n) is 3.55. The Bertz CT molecular complexity index is 650. The van der Waals surface area contributed by atoms with Crippen molar-refractivity contribution in [2.75, 3.05) is 39.1 Å². The molecule has 0 saturated heterocycles. The maximum atomic E-state index is 12.1. The SMILES string of the molecule is CCOc1ccc(NC(=O)C[C@@H]([NH2+]CC[NH+](C)C)C(=O)[O-])c([N+](=O)[O-])c1. The van der Waals surface area contributed by atoms with E-state index in [0.717, 1.165) is 11.4 Å². The lowest BCUT2D eigenvalue weighted by Gasteiger charge is -2.17. The van der Waals surface area contributed by atoms with Crippen molar-refractivity contribution in [3.05, 3.63) is 28.3 Å². The number of hydrogen-bond donors (Lipinski definition) is 3. The van der Waals surface area contributed by atoms with Gasteiger partial charge in [0, 0.05) is 0 Å². The minimum absolute atomic E-state index is 0.0155. The molecule has 0 aromatic heterocycles. The zero-order chi connectivity index (χ0) is 19.7. The predicted octanol–water partition coefficient (Wildman–Crippen LogP) is -2.85. The Hall–Kier alpha value is -2.72. The molecule has 0 saturated carbocycles. The summed E-state index contributed by atoms with van der Waals surface area (Å²) in [6.07, 6.45) is -0.352. The number of nitrogens with one attached hydrogen (secondary N) is 2. The summed E-state index contributed by atoms with van der Waals surface area (Å²) in [7, 11) is 3.86. The summed E-state index contributed by atoms with van der Waals surface area (Å²) < 4.78 is 5.21. The predicted molar refractivity (Wildman–Crippen MR) is 90.8 cm³/mol. The zero-order valence-electron chi connectivity index (χ0n) is 15.1. The number of benzene rings is 1. The number of ether oxygens (including phenoxy) is 1. The van der Waals surface area contributed by atoms with Crippen LogP contribution in [0.25, 0.3) is 0 Å². The van der Waals surface area contributed by atoms with E-state index < -0.39 is 22.8 Å². The summed E-state index contributed by atoms with van der Waals surface area (Å²) in [6.45, 7) is 3.32. The van der Waals surface area contributed by atoms with Gasteiger partial charge in [0.05, 0.1) is 44.1 Å². The molecule has 26 heavy (non-hydrogen) atoms. The van der Waals surface area contributed by atoms with Crippen molar-refractivity contribution in [3.63, 3.8) is 0 Å². The number of aliphatic carboxylic acids is 1. The maximum Gasteiger partial charge on any atom is 0.296 e. The molecule has 0 aliphatic carbocycles. The number of anilines is 1. The number of likely N-dealkylation sites (N-methyl/N-ethyl adjacent to an activating group) is 1. The van der Waals surface area contributed by atoms with Crippen LogP contribution in [0.4, 0.5) is 11.4 Å². The topological polar surface area (TPSA) is 143 Å². The standard InChI is InChI=1S/C16H24N4O6/c1-4-26-11-5-6-12(14(9-11)20(24)25)18-15(21)10-13(16(22)23)17-7-8-19(2)3/h5-6,9,13,17H,4,7-8,10H2,1-3H3,(H,18,21)(H,22,23)/p+1/t13-/m1/s1. The highest BCUT2D eigenvalue weighted by Crippen LogP contribution is 2.29. The minimum atomic E-state index is -1.35. The average Bonchev–Trinajstić information content (AvgIpc) is 2.54. The number of nitrogens with two attached hydrogens (primary N) is 1. The van der Waals surface area contributed by atoms with Gasteiger partial charge in [-0.15, -0.1) is 0 Å². The van der Waals surface area contributed by atoms with Crippen LogP contribution in [0, 0.1) is 10.1 Å². The van der Waals surface area contributed by atoms with Gasteiger partial charge in [0.2, 0.25) is 5.91 Å². The van der Waals surface area contributed by atoms with Gasteiger partial charge in [0.1, 0.15) is 30.6 Å². The van der Waals surface area contributed by atoms with Crippen molar-refractivity contribution in [2.24, 2.45) is 0 Å². The first kappa shape index (κ1) is 21.3. The second kappa shape index (κ2) is 10.3. The van der Waals surface area contributed by atoms with Gasteiger partial charge in [-0.25, -0.2) is 0 Å². The van der Waals surface area contributed by atoms with E-state index in [1.165, 1.54) is 23.5 Å². The van der Waals surface area contributed by atoms with Crippen LogP contribution in [-0.4, -0.2) is 56.6 Å². The second-order valence-corrected chi connectivity index (χ2v) is 6.03. The van der Waals surface area contributed by atoms with Gasteiger partial charge in [-0.05, 0) is 19.1 Å². The van der Waals surface area contributed by atoms with Crippen LogP contribution in [0.1, 0.15) is 13.3 Å². The molecule has 0 unspecified atom stereocenters. The Morgan fingerprint density at radius 2 is 2.08 bits per heavy atom. The number of carboxylic acids is 1.